The Hall–Kier alpha value is -1.69. The summed E-state index contributed by atoms with van der Waals surface area (Å²) < 4.78 is 5.30. The molecule has 0 aromatic carbocycles. The lowest BCUT2D eigenvalue weighted by Crippen LogP contribution is -2.29. The van der Waals surface area contributed by atoms with Crippen molar-refractivity contribution < 1.29 is 14.6 Å². The van der Waals surface area contributed by atoms with E-state index < -0.39 is 5.97 Å². The van der Waals surface area contributed by atoms with Crippen molar-refractivity contribution in [1.82, 2.24) is 10.2 Å². The maximum atomic E-state index is 11.6. The predicted octanol–water partition coefficient (Wildman–Crippen LogP) is 1.89. The van der Waals surface area contributed by atoms with E-state index in [1.165, 1.54) is 0 Å². The van der Waals surface area contributed by atoms with Gasteiger partial charge in [0.2, 0.25) is 0 Å². The fraction of sp³-hybridized carbons (Fsp3) is 0.643. The average Bonchev–Trinajstić information content (AvgIpc) is 2.47. The van der Waals surface area contributed by atoms with Crippen molar-refractivity contribution in [3.05, 3.63) is 16.8 Å². The third-order valence-corrected chi connectivity index (χ3v) is 3.62. The van der Waals surface area contributed by atoms with Crippen LogP contribution in [0.5, 0.6) is 0 Å². The van der Waals surface area contributed by atoms with Crippen molar-refractivity contribution in [3.8, 4) is 0 Å². The Labute approximate surface area is 118 Å². The lowest BCUT2D eigenvalue weighted by atomic mass is 10.0. The van der Waals surface area contributed by atoms with Crippen LogP contribution in [-0.2, 0) is 17.6 Å². The van der Waals surface area contributed by atoms with E-state index in [0.717, 1.165) is 24.1 Å². The molecular formula is C14H21N3O3. The Bertz CT molecular complexity index is 485. The van der Waals surface area contributed by atoms with E-state index in [9.17, 15) is 9.90 Å². The number of aromatic carboxylic acids is 1. The number of aryl methyl sites for hydroxylation is 1. The van der Waals surface area contributed by atoms with Crippen LogP contribution in [0, 0.1) is 0 Å². The van der Waals surface area contributed by atoms with Crippen molar-refractivity contribution in [3.63, 3.8) is 0 Å². The fourth-order valence-corrected chi connectivity index (χ4v) is 2.54. The van der Waals surface area contributed by atoms with Crippen LogP contribution in [0.25, 0.3) is 0 Å². The smallest absolute Gasteiger partial charge is 0.339 e. The van der Waals surface area contributed by atoms with Crippen LogP contribution in [0.4, 0.5) is 5.82 Å². The van der Waals surface area contributed by atoms with Crippen LogP contribution < -0.4 is 5.32 Å². The first-order valence-electron chi connectivity index (χ1n) is 7.13. The van der Waals surface area contributed by atoms with Crippen LogP contribution in [-0.4, -0.2) is 40.5 Å². The van der Waals surface area contributed by atoms with Gasteiger partial charge in [-0.2, -0.15) is 5.10 Å². The first-order valence-corrected chi connectivity index (χ1v) is 7.13. The van der Waals surface area contributed by atoms with E-state index in [4.69, 9.17) is 4.74 Å². The standard InChI is InChI=1S/C14H21N3O3/c1-3-10-11(4-2)16-17-13(12(10)14(18)19)15-9-5-7-20-8-6-9/h9H,3-8H2,1-2H3,(H,15,17)(H,18,19). The maximum Gasteiger partial charge on any atom is 0.339 e. The zero-order valence-corrected chi connectivity index (χ0v) is 12.0. The first kappa shape index (κ1) is 14.7. The predicted molar refractivity (Wildman–Crippen MR) is 75.2 cm³/mol. The summed E-state index contributed by atoms with van der Waals surface area (Å²) in [6, 6.07) is 0.202. The average molecular weight is 279 g/mol. The molecule has 2 rings (SSSR count). The van der Waals surface area contributed by atoms with Gasteiger partial charge in [0.1, 0.15) is 5.56 Å². The molecule has 20 heavy (non-hydrogen) atoms. The van der Waals surface area contributed by atoms with E-state index in [1.807, 2.05) is 13.8 Å². The number of carboxylic acids is 1. The van der Waals surface area contributed by atoms with Crippen LogP contribution >= 0.6 is 0 Å². The van der Waals surface area contributed by atoms with Crippen molar-refractivity contribution in [2.75, 3.05) is 18.5 Å². The number of nitrogens with one attached hydrogen (secondary N) is 1. The Balaban J connectivity index is 2.33. The van der Waals surface area contributed by atoms with Crippen molar-refractivity contribution in [2.45, 2.75) is 45.6 Å². The molecule has 0 atom stereocenters. The summed E-state index contributed by atoms with van der Waals surface area (Å²) >= 11 is 0. The number of carbonyl (C=O) groups is 1. The molecule has 1 aromatic rings. The lowest BCUT2D eigenvalue weighted by Gasteiger charge is -2.24. The lowest BCUT2D eigenvalue weighted by molar-refractivity contribution is 0.0695. The van der Waals surface area contributed by atoms with Crippen molar-refractivity contribution in [2.24, 2.45) is 0 Å². The highest BCUT2D eigenvalue weighted by atomic mass is 16.5. The summed E-state index contributed by atoms with van der Waals surface area (Å²) in [5, 5.41) is 21.0. The molecule has 0 aliphatic carbocycles. The number of nitrogens with zero attached hydrogens (tertiary/aromatic N) is 2. The van der Waals surface area contributed by atoms with E-state index in [0.29, 0.717) is 31.9 Å². The van der Waals surface area contributed by atoms with Gasteiger partial charge in [-0.15, -0.1) is 5.10 Å². The highest BCUT2D eigenvalue weighted by Gasteiger charge is 2.23. The Morgan fingerprint density at radius 3 is 2.55 bits per heavy atom. The largest absolute Gasteiger partial charge is 0.478 e. The molecule has 1 fully saturated rings. The zero-order valence-electron chi connectivity index (χ0n) is 12.0. The molecule has 1 aliphatic heterocycles. The first-order chi connectivity index (χ1) is 9.67. The second-order valence-electron chi connectivity index (χ2n) is 4.89. The molecule has 6 nitrogen and oxygen atoms in total. The number of aromatic nitrogens is 2. The summed E-state index contributed by atoms with van der Waals surface area (Å²) in [5.74, 6) is -0.556. The van der Waals surface area contributed by atoms with Gasteiger partial charge in [-0.25, -0.2) is 4.79 Å². The van der Waals surface area contributed by atoms with Crippen LogP contribution in [0.3, 0.4) is 0 Å². The summed E-state index contributed by atoms with van der Waals surface area (Å²) in [7, 11) is 0. The van der Waals surface area contributed by atoms with Crippen molar-refractivity contribution >= 4 is 11.8 Å². The highest BCUT2D eigenvalue weighted by Crippen LogP contribution is 2.23. The third kappa shape index (κ3) is 3.07. The Morgan fingerprint density at radius 1 is 1.30 bits per heavy atom. The number of hydrogen-bond acceptors (Lipinski definition) is 5. The Kier molecular flexibility index (Phi) is 4.89. The Morgan fingerprint density at radius 2 is 2.00 bits per heavy atom. The molecule has 1 saturated heterocycles. The minimum absolute atomic E-state index is 0.202. The molecule has 0 saturated carbocycles. The van der Waals surface area contributed by atoms with Crippen LogP contribution in [0.15, 0.2) is 0 Å². The van der Waals surface area contributed by atoms with Gasteiger partial charge < -0.3 is 15.2 Å². The van der Waals surface area contributed by atoms with Gasteiger partial charge in [-0.1, -0.05) is 13.8 Å². The normalized spacial score (nSPS) is 16.1. The van der Waals surface area contributed by atoms with Gasteiger partial charge in [-0.3, -0.25) is 0 Å². The zero-order chi connectivity index (χ0) is 14.5. The topological polar surface area (TPSA) is 84.3 Å². The second kappa shape index (κ2) is 6.65. The maximum absolute atomic E-state index is 11.6. The van der Waals surface area contributed by atoms with Crippen LogP contribution in [0.2, 0.25) is 0 Å². The molecule has 6 heteroatoms. The molecule has 2 heterocycles. The molecule has 0 radical (unpaired) electrons. The van der Waals surface area contributed by atoms with E-state index in [-0.39, 0.29) is 11.6 Å². The summed E-state index contributed by atoms with van der Waals surface area (Å²) in [6.07, 6.45) is 3.05. The van der Waals surface area contributed by atoms with Gasteiger partial charge >= 0.3 is 5.97 Å². The van der Waals surface area contributed by atoms with E-state index >= 15 is 0 Å². The summed E-state index contributed by atoms with van der Waals surface area (Å²) in [4.78, 5) is 11.6. The fourth-order valence-electron chi connectivity index (χ4n) is 2.54. The molecule has 0 bridgehead atoms. The van der Waals surface area contributed by atoms with Gasteiger partial charge in [-0.05, 0) is 31.2 Å². The number of ether oxygens (including phenoxy) is 1. The summed E-state index contributed by atoms with van der Waals surface area (Å²) in [6.45, 7) is 5.30. The molecule has 0 amide bonds. The molecule has 110 valence electrons. The number of anilines is 1. The van der Waals surface area contributed by atoms with Gasteiger partial charge in [0.05, 0.1) is 5.69 Å². The van der Waals surface area contributed by atoms with E-state index in [1.54, 1.807) is 0 Å². The highest BCUT2D eigenvalue weighted by molar-refractivity contribution is 5.95. The van der Waals surface area contributed by atoms with Crippen molar-refractivity contribution in [1.29, 1.82) is 0 Å². The van der Waals surface area contributed by atoms with Crippen LogP contribution in [0.1, 0.15) is 48.3 Å². The monoisotopic (exact) mass is 279 g/mol. The third-order valence-electron chi connectivity index (χ3n) is 3.62. The minimum atomic E-state index is -0.944. The number of rotatable bonds is 5. The van der Waals surface area contributed by atoms with E-state index in [2.05, 4.69) is 15.5 Å². The molecule has 2 N–H and O–H groups in total. The SMILES string of the molecule is CCc1nnc(NC2CCOCC2)c(C(=O)O)c1CC. The molecule has 0 spiro atoms. The molecule has 1 aromatic heterocycles. The molecule has 1 aliphatic rings. The number of carboxylic acid groups (broad SMARTS) is 1. The second-order valence-corrected chi connectivity index (χ2v) is 4.89. The molecular weight excluding hydrogens is 258 g/mol. The van der Waals surface area contributed by atoms with Gasteiger partial charge in [0, 0.05) is 19.3 Å². The van der Waals surface area contributed by atoms with Gasteiger partial charge in [0.25, 0.3) is 0 Å². The summed E-state index contributed by atoms with van der Waals surface area (Å²) in [5.41, 5.74) is 1.82. The number of hydrogen-bond donors (Lipinski definition) is 2. The molecule has 0 unspecified atom stereocenters. The minimum Gasteiger partial charge on any atom is -0.478 e. The quantitative estimate of drug-likeness (QED) is 0.856. The van der Waals surface area contributed by atoms with Gasteiger partial charge in [0.15, 0.2) is 5.82 Å².